The number of carbonyl (C=O) groups excluding carboxylic acids is 1. The van der Waals surface area contributed by atoms with Crippen LogP contribution in [0.4, 0.5) is 0 Å². The number of allylic oxidation sites excluding steroid dienone is 2. The van der Waals surface area contributed by atoms with Crippen LogP contribution in [0.2, 0.25) is 19.6 Å². The molecular formula is C47H65IrN2O3Si-. The van der Waals surface area contributed by atoms with Crippen molar-refractivity contribution < 1.29 is 34.4 Å². The smallest absolute Gasteiger partial charge is 0.162 e. The molecule has 2 heterocycles. The molecule has 5 nitrogen and oxygen atoms in total. The van der Waals surface area contributed by atoms with Crippen molar-refractivity contribution in [2.75, 3.05) is 0 Å². The van der Waals surface area contributed by atoms with Gasteiger partial charge in [-0.1, -0.05) is 130 Å². The van der Waals surface area contributed by atoms with Gasteiger partial charge in [-0.3, -0.25) is 9.78 Å². The number of furan rings is 1. The fourth-order valence-electron chi connectivity index (χ4n) is 8.04. The predicted molar refractivity (Wildman–Crippen MR) is 229 cm³/mol. The van der Waals surface area contributed by atoms with Crippen LogP contribution >= 0.6 is 0 Å². The second kappa shape index (κ2) is 17.8. The molecule has 0 bridgehead atoms. The van der Waals surface area contributed by atoms with E-state index in [1.807, 2.05) is 0 Å². The quantitative estimate of drug-likeness (QED) is 0.0653. The fraction of sp³-hybridized carbons (Fsp3) is 0.511. The Bertz CT molecular complexity index is 2100. The van der Waals surface area contributed by atoms with Gasteiger partial charge in [-0.25, -0.2) is 4.98 Å². The van der Waals surface area contributed by atoms with Crippen molar-refractivity contribution in [3.8, 4) is 11.3 Å². The summed E-state index contributed by atoms with van der Waals surface area (Å²) >= 11 is 0. The van der Waals surface area contributed by atoms with E-state index in [-0.39, 0.29) is 48.9 Å². The Morgan fingerprint density at radius 2 is 1.41 bits per heavy atom. The van der Waals surface area contributed by atoms with Gasteiger partial charge in [0.2, 0.25) is 0 Å². The molecule has 1 radical (unpaired) electrons. The standard InChI is InChI=1S/C30H33N2OSi.C17H32O2.Ir/c1-18-11-21-14-22(15-26(34(6,7)8)24(21)12-19(18)2)27-29-28(32-17-31-27)23-10-9-20(13-25(23)33-29)16-30(3,4)5;1-10(2)16(11(3)4)14(18)9-15(19)17(12(5)6)13(7)8;/h9-13,15,17H,16H2,1-8H3;9-13,16-18H,1-8H3;/q-1;;/b;14-9-;. The van der Waals surface area contributed by atoms with E-state index in [2.05, 4.69) is 157 Å². The Labute approximate surface area is 340 Å². The van der Waals surface area contributed by atoms with Crippen LogP contribution in [0.5, 0.6) is 0 Å². The zero-order valence-electron chi connectivity index (χ0n) is 35.8. The normalized spacial score (nSPS) is 12.9. The number of nitrogens with zero attached hydrogens (tertiary/aromatic N) is 2. The number of fused-ring (bicyclic) bond motifs is 4. The van der Waals surface area contributed by atoms with Crippen LogP contribution in [0.15, 0.2) is 59.0 Å². The molecule has 0 amide bonds. The molecule has 0 saturated heterocycles. The Morgan fingerprint density at radius 3 is 1.94 bits per heavy atom. The van der Waals surface area contributed by atoms with E-state index in [1.54, 1.807) is 6.33 Å². The van der Waals surface area contributed by atoms with Gasteiger partial charge in [0, 0.05) is 43.4 Å². The van der Waals surface area contributed by atoms with Gasteiger partial charge >= 0.3 is 0 Å². The number of hydrogen-bond acceptors (Lipinski definition) is 5. The number of rotatable bonds is 10. The summed E-state index contributed by atoms with van der Waals surface area (Å²) in [7, 11) is -1.63. The number of aryl methyl sites for hydroxylation is 2. The van der Waals surface area contributed by atoms with Gasteiger partial charge in [-0.15, -0.1) is 28.8 Å². The first kappa shape index (κ1) is 45.3. The molecule has 0 unspecified atom stereocenters. The van der Waals surface area contributed by atoms with Gasteiger partial charge in [-0.2, -0.15) is 0 Å². The van der Waals surface area contributed by atoms with Gasteiger partial charge in [0.1, 0.15) is 23.0 Å². The number of aliphatic hydroxyl groups excluding tert-OH is 1. The van der Waals surface area contributed by atoms with Crippen molar-refractivity contribution in [3.63, 3.8) is 0 Å². The fourth-order valence-corrected chi connectivity index (χ4v) is 9.64. The van der Waals surface area contributed by atoms with Crippen LogP contribution in [0.25, 0.3) is 44.1 Å². The minimum Gasteiger partial charge on any atom is -0.512 e. The maximum atomic E-state index is 12.3. The first-order valence-corrected chi connectivity index (χ1v) is 23.1. The third-order valence-electron chi connectivity index (χ3n) is 10.4. The van der Waals surface area contributed by atoms with E-state index >= 15 is 0 Å². The van der Waals surface area contributed by atoms with Crippen LogP contribution in [0, 0.1) is 60.8 Å². The van der Waals surface area contributed by atoms with Crippen molar-refractivity contribution in [3.05, 3.63) is 77.3 Å². The van der Waals surface area contributed by atoms with E-state index in [1.165, 1.54) is 33.3 Å². The Kier molecular flexibility index (Phi) is 14.9. The summed E-state index contributed by atoms with van der Waals surface area (Å²) in [6.45, 7) is 34.9. The molecule has 0 aliphatic rings. The van der Waals surface area contributed by atoms with Gasteiger partial charge in [0.15, 0.2) is 5.78 Å². The van der Waals surface area contributed by atoms with E-state index in [0.717, 1.165) is 45.1 Å². The molecule has 2 aromatic heterocycles. The molecular weight excluding hydrogens is 861 g/mol. The number of carbonyl (C=O) groups is 1. The molecule has 0 fully saturated rings. The third kappa shape index (κ3) is 10.6. The number of aromatic nitrogens is 2. The minimum atomic E-state index is -1.63. The summed E-state index contributed by atoms with van der Waals surface area (Å²) in [5, 5.41) is 15.2. The molecule has 1 N–H and O–H groups in total. The number of aliphatic hydroxyl groups is 1. The van der Waals surface area contributed by atoms with Crippen LogP contribution in [0.1, 0.15) is 92.9 Å². The summed E-state index contributed by atoms with van der Waals surface area (Å²) in [5.74, 6) is 1.63. The summed E-state index contributed by atoms with van der Waals surface area (Å²) < 4.78 is 6.44. The summed E-state index contributed by atoms with van der Waals surface area (Å²) in [6.07, 6.45) is 4.13. The zero-order valence-corrected chi connectivity index (χ0v) is 39.2. The Balaban J connectivity index is 0.000000338. The minimum absolute atomic E-state index is 0. The van der Waals surface area contributed by atoms with Crippen molar-refractivity contribution in [1.29, 1.82) is 0 Å². The Hall–Kier alpha value is -3.12. The molecule has 7 heteroatoms. The zero-order chi connectivity index (χ0) is 39.7. The SMILES string of the molecule is CC(C)C(C(=O)/C=C(\O)C(C(C)C)C(C)C)C(C)C.Cc1cc2[c-]c(-c3ncnc4c3oc3cc(CC(C)(C)C)ccc34)cc([Si](C)(C)C)c2cc1C.[Ir]. The predicted octanol–water partition coefficient (Wildman–Crippen LogP) is 12.6. The number of hydrogen-bond donors (Lipinski definition) is 1. The molecule has 3 aromatic carbocycles. The number of benzene rings is 3. The van der Waals surface area contributed by atoms with Gasteiger partial charge < -0.3 is 9.52 Å². The second-order valence-corrected chi connectivity index (χ2v) is 23.9. The molecule has 5 rings (SSSR count). The second-order valence-electron chi connectivity index (χ2n) is 18.9. The van der Waals surface area contributed by atoms with Crippen molar-refractivity contribution in [2.24, 2.45) is 40.9 Å². The summed E-state index contributed by atoms with van der Waals surface area (Å²) in [4.78, 5) is 21.7. The van der Waals surface area contributed by atoms with Crippen LogP contribution in [-0.2, 0) is 31.3 Å². The molecule has 295 valence electrons. The first-order valence-electron chi connectivity index (χ1n) is 19.6. The van der Waals surface area contributed by atoms with E-state index in [4.69, 9.17) is 9.40 Å². The van der Waals surface area contributed by atoms with E-state index < -0.39 is 8.07 Å². The molecule has 0 spiro atoms. The topological polar surface area (TPSA) is 76.2 Å². The molecule has 5 aromatic rings. The molecule has 0 aliphatic heterocycles. The maximum absolute atomic E-state index is 12.3. The molecule has 0 saturated carbocycles. The first-order chi connectivity index (χ1) is 24.5. The molecule has 0 atom stereocenters. The maximum Gasteiger partial charge on any atom is 0.162 e. The van der Waals surface area contributed by atoms with Gasteiger partial charge in [0.05, 0.1) is 19.5 Å². The van der Waals surface area contributed by atoms with Gasteiger partial charge in [-0.05, 0) is 67.1 Å². The molecule has 54 heavy (non-hydrogen) atoms. The van der Waals surface area contributed by atoms with Crippen molar-refractivity contribution >= 4 is 51.9 Å². The van der Waals surface area contributed by atoms with Crippen molar-refractivity contribution in [1.82, 2.24) is 9.97 Å². The monoisotopic (exact) mass is 926 g/mol. The molecule has 0 aliphatic carbocycles. The van der Waals surface area contributed by atoms with Crippen LogP contribution in [0.3, 0.4) is 0 Å². The van der Waals surface area contributed by atoms with Crippen molar-refractivity contribution in [2.45, 2.75) is 116 Å². The summed E-state index contributed by atoms with van der Waals surface area (Å²) in [5.41, 5.74) is 8.37. The average molecular weight is 926 g/mol. The van der Waals surface area contributed by atoms with E-state index in [9.17, 15) is 9.90 Å². The number of ketones is 1. The Morgan fingerprint density at radius 1 is 0.833 bits per heavy atom. The van der Waals surface area contributed by atoms with E-state index in [0.29, 0.717) is 23.7 Å². The summed E-state index contributed by atoms with van der Waals surface area (Å²) in [6, 6.07) is 17.1. The average Bonchev–Trinajstić information content (AvgIpc) is 3.37. The van der Waals surface area contributed by atoms with Crippen LogP contribution < -0.4 is 5.19 Å². The van der Waals surface area contributed by atoms with Gasteiger partial charge in [0.25, 0.3) is 0 Å². The largest absolute Gasteiger partial charge is 0.512 e. The van der Waals surface area contributed by atoms with Crippen LogP contribution in [-0.4, -0.2) is 28.9 Å². The third-order valence-corrected chi connectivity index (χ3v) is 12.5.